The molecule has 1 aromatic heterocycles. The molecular formula is C12H18N2O6. The number of hydrogen-bond donors (Lipinski definition) is 5. The summed E-state index contributed by atoms with van der Waals surface area (Å²) >= 11 is 0. The highest BCUT2D eigenvalue weighted by molar-refractivity contribution is 5.92. The van der Waals surface area contributed by atoms with Gasteiger partial charge < -0.3 is 30.9 Å². The molecule has 0 spiro atoms. The molecule has 8 nitrogen and oxygen atoms in total. The van der Waals surface area contributed by atoms with Gasteiger partial charge in [-0.2, -0.15) is 0 Å². The van der Waals surface area contributed by atoms with E-state index in [0.29, 0.717) is 5.56 Å². The number of hydrogen-bond acceptors (Lipinski definition) is 7. The largest absolute Gasteiger partial charge is 0.388 e. The van der Waals surface area contributed by atoms with E-state index in [1.807, 2.05) is 0 Å². The summed E-state index contributed by atoms with van der Waals surface area (Å²) in [5.41, 5.74) is 5.38. The lowest BCUT2D eigenvalue weighted by Crippen LogP contribution is -2.56. The van der Waals surface area contributed by atoms with Gasteiger partial charge in [-0.1, -0.05) is 0 Å². The topological polar surface area (TPSA) is 146 Å². The molecule has 8 heteroatoms. The second-order valence-corrected chi connectivity index (χ2v) is 4.31. The third-order valence-electron chi connectivity index (χ3n) is 2.77. The molecule has 112 valence electrons. The van der Waals surface area contributed by atoms with Crippen LogP contribution < -0.4 is 5.73 Å². The van der Waals surface area contributed by atoms with Gasteiger partial charge in [0.1, 0.15) is 18.3 Å². The van der Waals surface area contributed by atoms with Gasteiger partial charge in [0.25, 0.3) is 0 Å². The van der Waals surface area contributed by atoms with Crippen molar-refractivity contribution in [3.63, 3.8) is 0 Å². The third-order valence-corrected chi connectivity index (χ3v) is 2.77. The quantitative estimate of drug-likeness (QED) is 0.400. The Kier molecular flexibility index (Phi) is 5.99. The Morgan fingerprint density at radius 1 is 1.25 bits per heavy atom. The van der Waals surface area contributed by atoms with Gasteiger partial charge in [0, 0.05) is 12.4 Å². The molecule has 1 amide bonds. The molecule has 5 atom stereocenters. The lowest BCUT2D eigenvalue weighted by atomic mass is 10.0. The Morgan fingerprint density at radius 2 is 1.90 bits per heavy atom. The number of aliphatic hydroxyl groups is 4. The summed E-state index contributed by atoms with van der Waals surface area (Å²) in [6.07, 6.45) is -2.97. The molecule has 0 bridgehead atoms. The fraction of sp³-hybridized carbons (Fsp3) is 0.500. The van der Waals surface area contributed by atoms with Crippen LogP contribution in [0.15, 0.2) is 24.5 Å². The van der Waals surface area contributed by atoms with Crippen molar-refractivity contribution in [3.8, 4) is 0 Å². The van der Waals surface area contributed by atoms with Crippen molar-refractivity contribution >= 4 is 5.91 Å². The molecular weight excluding hydrogens is 268 g/mol. The molecule has 2 heterocycles. The number of rotatable bonds is 1. The maximum Gasteiger partial charge on any atom is 0.250 e. The summed E-state index contributed by atoms with van der Waals surface area (Å²) < 4.78 is 4.68. The van der Waals surface area contributed by atoms with E-state index in [1.54, 1.807) is 18.3 Å². The van der Waals surface area contributed by atoms with Gasteiger partial charge in [-0.05, 0) is 19.1 Å². The average Bonchev–Trinajstić information content (AvgIpc) is 2.44. The first-order valence-electron chi connectivity index (χ1n) is 5.92. The van der Waals surface area contributed by atoms with E-state index >= 15 is 0 Å². The van der Waals surface area contributed by atoms with Crippen LogP contribution in [-0.4, -0.2) is 62.0 Å². The normalized spacial score (nSPS) is 33.0. The van der Waals surface area contributed by atoms with Crippen molar-refractivity contribution in [2.24, 2.45) is 5.73 Å². The van der Waals surface area contributed by atoms with E-state index in [0.717, 1.165) is 0 Å². The molecule has 6 N–H and O–H groups in total. The van der Waals surface area contributed by atoms with Crippen molar-refractivity contribution in [2.45, 2.75) is 37.6 Å². The van der Waals surface area contributed by atoms with E-state index in [9.17, 15) is 4.79 Å². The smallest absolute Gasteiger partial charge is 0.250 e. The number of amides is 1. The maximum absolute atomic E-state index is 10.4. The van der Waals surface area contributed by atoms with E-state index in [4.69, 9.17) is 26.2 Å². The Balaban J connectivity index is 0.000000204. The maximum atomic E-state index is 10.4. The molecule has 1 aliphatic heterocycles. The van der Waals surface area contributed by atoms with Crippen LogP contribution in [0.1, 0.15) is 17.3 Å². The average molecular weight is 286 g/mol. The number of carbonyl (C=O) groups is 1. The summed E-state index contributed by atoms with van der Waals surface area (Å²) in [7, 11) is 0. The van der Waals surface area contributed by atoms with Crippen LogP contribution in [0.2, 0.25) is 0 Å². The highest BCUT2D eigenvalue weighted by atomic mass is 16.6. The minimum absolute atomic E-state index is 0.442. The standard InChI is InChI=1S/C6H6N2O.C6H12O5/c7-6(9)5-2-1-3-8-4-5;1-2-3(7)4(8)5(9)6(10)11-2/h1-4H,(H2,7,9);2-10H,1H3/t;2-,3-,4+,5+,6?/m.1/s1. The fourth-order valence-corrected chi connectivity index (χ4v) is 1.54. The number of nitrogens with two attached hydrogens (primary N) is 1. The van der Waals surface area contributed by atoms with E-state index in [2.05, 4.69) is 9.72 Å². The number of pyridine rings is 1. The van der Waals surface area contributed by atoms with Gasteiger partial charge in [0.2, 0.25) is 5.91 Å². The Labute approximate surface area is 115 Å². The summed E-state index contributed by atoms with van der Waals surface area (Å²) in [6.45, 7) is 1.50. The van der Waals surface area contributed by atoms with E-state index in [1.165, 1.54) is 13.1 Å². The molecule has 1 aliphatic rings. The second kappa shape index (κ2) is 7.27. The van der Waals surface area contributed by atoms with Gasteiger partial charge in [-0.25, -0.2) is 0 Å². The molecule has 0 aromatic carbocycles. The second-order valence-electron chi connectivity index (χ2n) is 4.31. The molecule has 1 aromatic rings. The SMILES string of the molecule is C[C@H]1OC(O)[C@@H](O)[C@@H](O)[C@@H]1O.NC(=O)c1cccnc1. The van der Waals surface area contributed by atoms with Gasteiger partial charge >= 0.3 is 0 Å². The number of carbonyl (C=O) groups excluding carboxylic acids is 1. The van der Waals surface area contributed by atoms with Crippen molar-refractivity contribution in [2.75, 3.05) is 0 Å². The predicted octanol–water partition coefficient (Wildman–Crippen LogP) is -2.01. The van der Waals surface area contributed by atoms with Crippen molar-refractivity contribution in [3.05, 3.63) is 30.1 Å². The first kappa shape index (κ1) is 16.5. The summed E-state index contributed by atoms with van der Waals surface area (Å²) in [5.74, 6) is -0.442. The first-order chi connectivity index (χ1) is 9.34. The van der Waals surface area contributed by atoms with Crippen LogP contribution in [0.25, 0.3) is 0 Å². The van der Waals surface area contributed by atoms with Gasteiger partial charge in [0.15, 0.2) is 6.29 Å². The number of primary amides is 1. The predicted molar refractivity (Wildman–Crippen MR) is 67.3 cm³/mol. The lowest BCUT2D eigenvalue weighted by Gasteiger charge is -2.36. The highest BCUT2D eigenvalue weighted by Crippen LogP contribution is 2.18. The van der Waals surface area contributed by atoms with Gasteiger partial charge in [0.05, 0.1) is 11.7 Å². The summed E-state index contributed by atoms with van der Waals surface area (Å²) in [5, 5.41) is 36.0. The van der Waals surface area contributed by atoms with E-state index in [-0.39, 0.29) is 0 Å². The molecule has 1 unspecified atom stereocenters. The molecule has 0 saturated carbocycles. The summed E-state index contributed by atoms with van der Waals surface area (Å²) in [4.78, 5) is 14.1. The number of ether oxygens (including phenoxy) is 1. The molecule has 0 radical (unpaired) electrons. The number of aliphatic hydroxyl groups excluding tert-OH is 4. The lowest BCUT2D eigenvalue weighted by molar-refractivity contribution is -0.277. The zero-order valence-electron chi connectivity index (χ0n) is 10.8. The molecule has 1 saturated heterocycles. The van der Waals surface area contributed by atoms with Crippen molar-refractivity contribution in [1.82, 2.24) is 4.98 Å². The highest BCUT2D eigenvalue weighted by Gasteiger charge is 2.40. The van der Waals surface area contributed by atoms with Crippen LogP contribution >= 0.6 is 0 Å². The zero-order chi connectivity index (χ0) is 15.3. The molecule has 20 heavy (non-hydrogen) atoms. The first-order valence-corrected chi connectivity index (χ1v) is 5.92. The van der Waals surface area contributed by atoms with Crippen LogP contribution in [-0.2, 0) is 4.74 Å². The monoisotopic (exact) mass is 286 g/mol. The zero-order valence-corrected chi connectivity index (χ0v) is 10.8. The third kappa shape index (κ3) is 4.22. The Hall–Kier alpha value is -1.58. The van der Waals surface area contributed by atoms with E-state index < -0.39 is 36.6 Å². The van der Waals surface area contributed by atoms with Gasteiger partial charge in [-0.3, -0.25) is 9.78 Å². The number of nitrogens with zero attached hydrogens (tertiary/aromatic N) is 1. The molecule has 2 rings (SSSR count). The minimum atomic E-state index is -1.43. The number of aromatic nitrogens is 1. The molecule has 1 fully saturated rings. The molecule has 0 aliphatic carbocycles. The Bertz CT molecular complexity index is 415. The fourth-order valence-electron chi connectivity index (χ4n) is 1.54. The van der Waals surface area contributed by atoms with Crippen molar-refractivity contribution < 1.29 is 30.0 Å². The van der Waals surface area contributed by atoms with Crippen LogP contribution in [0.3, 0.4) is 0 Å². The van der Waals surface area contributed by atoms with Crippen LogP contribution in [0.4, 0.5) is 0 Å². The summed E-state index contributed by atoms with van der Waals surface area (Å²) in [6, 6.07) is 3.29. The van der Waals surface area contributed by atoms with Crippen molar-refractivity contribution in [1.29, 1.82) is 0 Å². The van der Waals surface area contributed by atoms with Crippen LogP contribution in [0.5, 0.6) is 0 Å². The Morgan fingerprint density at radius 3 is 2.35 bits per heavy atom. The van der Waals surface area contributed by atoms with Crippen LogP contribution in [0, 0.1) is 0 Å². The minimum Gasteiger partial charge on any atom is -0.388 e. The van der Waals surface area contributed by atoms with Gasteiger partial charge in [-0.15, -0.1) is 0 Å².